The zero-order valence-electron chi connectivity index (χ0n) is 20.4. The molecule has 11 nitrogen and oxygen atoms in total. The summed E-state index contributed by atoms with van der Waals surface area (Å²) >= 11 is 6.19. The predicted molar refractivity (Wildman–Crippen MR) is 144 cm³/mol. The van der Waals surface area contributed by atoms with Crippen molar-refractivity contribution in [3.63, 3.8) is 0 Å². The first-order valence-electron chi connectivity index (χ1n) is 12.2. The zero-order chi connectivity index (χ0) is 26.5. The first kappa shape index (κ1) is 25.2. The summed E-state index contributed by atoms with van der Waals surface area (Å²) in [6.45, 7) is 0.746. The van der Waals surface area contributed by atoms with E-state index in [-0.39, 0.29) is 11.9 Å². The highest BCUT2D eigenvalue weighted by Gasteiger charge is 2.20. The van der Waals surface area contributed by atoms with Crippen LogP contribution >= 0.6 is 11.6 Å². The standard InChI is InChI=1S/C26H26ClN9O2/c27-18-7-9-23(36-15-31-34-35-36)16(12-18)6-10-24(37)32-20-4-2-1-3-11-29-21-13-17(25(28)38)5-8-19(21)22-14-30-26(20)33-22/h5-10,12-15,20,29H,1-4,11H2,(H2,28,38)(H,30,33)(H,32,37)/b10-6+/t20-/m0/s1. The quantitative estimate of drug-likeness (QED) is 0.286. The molecule has 0 saturated heterocycles. The van der Waals surface area contributed by atoms with E-state index >= 15 is 0 Å². The van der Waals surface area contributed by atoms with Crippen molar-refractivity contribution in [3.05, 3.63) is 77.0 Å². The average Bonchev–Trinajstić information content (AvgIpc) is 3.61. The number of benzene rings is 2. The molecule has 2 aromatic heterocycles. The molecule has 0 spiro atoms. The van der Waals surface area contributed by atoms with Crippen LogP contribution in [0.3, 0.4) is 0 Å². The highest BCUT2D eigenvalue weighted by molar-refractivity contribution is 6.30. The van der Waals surface area contributed by atoms with Gasteiger partial charge in [0.15, 0.2) is 0 Å². The van der Waals surface area contributed by atoms with E-state index in [2.05, 4.69) is 31.1 Å². The number of imidazole rings is 1. The molecule has 38 heavy (non-hydrogen) atoms. The lowest BCUT2D eigenvalue weighted by Crippen LogP contribution is -2.27. The maximum Gasteiger partial charge on any atom is 0.248 e. The van der Waals surface area contributed by atoms with Gasteiger partial charge in [-0.15, -0.1) is 5.10 Å². The largest absolute Gasteiger partial charge is 0.384 e. The Morgan fingerprint density at radius 3 is 2.87 bits per heavy atom. The second kappa shape index (κ2) is 11.3. The van der Waals surface area contributed by atoms with Crippen molar-refractivity contribution in [1.82, 2.24) is 35.5 Å². The number of nitrogens with one attached hydrogen (secondary N) is 3. The Kier molecular flexibility index (Phi) is 7.45. The molecule has 1 atom stereocenters. The van der Waals surface area contributed by atoms with E-state index in [1.54, 1.807) is 42.6 Å². The molecule has 0 saturated carbocycles. The molecule has 0 fully saturated rings. The van der Waals surface area contributed by atoms with Gasteiger partial charge in [-0.1, -0.05) is 24.4 Å². The first-order chi connectivity index (χ1) is 18.5. The molecular formula is C26H26ClN9O2. The molecule has 5 rings (SSSR count). The third-order valence-corrected chi connectivity index (χ3v) is 6.54. The average molecular weight is 532 g/mol. The Bertz CT molecular complexity index is 1480. The van der Waals surface area contributed by atoms with E-state index in [4.69, 9.17) is 22.3 Å². The van der Waals surface area contributed by atoms with Gasteiger partial charge in [0.25, 0.3) is 0 Å². The molecule has 1 aliphatic heterocycles. The summed E-state index contributed by atoms with van der Waals surface area (Å²) in [4.78, 5) is 32.7. The minimum absolute atomic E-state index is 0.268. The first-order valence-corrected chi connectivity index (χ1v) is 12.6. The lowest BCUT2D eigenvalue weighted by atomic mass is 10.0. The number of hydrogen-bond donors (Lipinski definition) is 4. The lowest BCUT2D eigenvalue weighted by Gasteiger charge is -2.17. The number of primary amides is 1. The highest BCUT2D eigenvalue weighted by atomic mass is 35.5. The molecule has 2 aromatic carbocycles. The number of tetrazole rings is 1. The van der Waals surface area contributed by atoms with Gasteiger partial charge in [-0.25, -0.2) is 4.98 Å². The zero-order valence-corrected chi connectivity index (χ0v) is 21.2. The van der Waals surface area contributed by atoms with Crippen LogP contribution in [0.15, 0.2) is 55.0 Å². The van der Waals surface area contributed by atoms with Crippen molar-refractivity contribution in [2.75, 3.05) is 11.9 Å². The number of rotatable bonds is 5. The van der Waals surface area contributed by atoms with E-state index in [0.717, 1.165) is 43.5 Å². The molecule has 4 aromatic rings. The molecule has 1 aliphatic rings. The Hall–Kier alpha value is -4.51. The van der Waals surface area contributed by atoms with Gasteiger partial charge in [-0.3, -0.25) is 9.59 Å². The summed E-state index contributed by atoms with van der Waals surface area (Å²) in [6.07, 6.45) is 9.95. The molecular weight excluding hydrogens is 506 g/mol. The van der Waals surface area contributed by atoms with Crippen LogP contribution < -0.4 is 16.4 Å². The van der Waals surface area contributed by atoms with Crippen molar-refractivity contribution in [2.45, 2.75) is 31.7 Å². The van der Waals surface area contributed by atoms with Crippen LogP contribution in [0.5, 0.6) is 0 Å². The second-order valence-corrected chi connectivity index (χ2v) is 9.36. The van der Waals surface area contributed by atoms with E-state index < -0.39 is 5.91 Å². The molecule has 2 bridgehead atoms. The van der Waals surface area contributed by atoms with Crippen molar-refractivity contribution in [3.8, 4) is 16.9 Å². The summed E-state index contributed by atoms with van der Waals surface area (Å²) < 4.78 is 1.50. The fourth-order valence-electron chi connectivity index (χ4n) is 4.40. The lowest BCUT2D eigenvalue weighted by molar-refractivity contribution is -0.117. The Labute approximate surface area is 223 Å². The molecule has 194 valence electrons. The maximum atomic E-state index is 13.0. The normalized spacial score (nSPS) is 15.7. The Balaban J connectivity index is 1.38. The van der Waals surface area contributed by atoms with Gasteiger partial charge in [0, 0.05) is 46.2 Å². The molecule has 0 aliphatic carbocycles. The number of aromatic amines is 1. The third kappa shape index (κ3) is 5.73. The Morgan fingerprint density at radius 2 is 2.05 bits per heavy atom. The van der Waals surface area contributed by atoms with Crippen LogP contribution in [-0.2, 0) is 4.79 Å². The van der Waals surface area contributed by atoms with Crippen LogP contribution in [0.2, 0.25) is 5.02 Å². The number of amides is 2. The van der Waals surface area contributed by atoms with Crippen molar-refractivity contribution in [2.24, 2.45) is 5.73 Å². The highest BCUT2D eigenvalue weighted by Crippen LogP contribution is 2.30. The summed E-state index contributed by atoms with van der Waals surface area (Å²) in [5, 5.41) is 18.3. The van der Waals surface area contributed by atoms with Crippen molar-refractivity contribution < 1.29 is 9.59 Å². The molecule has 12 heteroatoms. The summed E-state index contributed by atoms with van der Waals surface area (Å²) in [7, 11) is 0. The SMILES string of the molecule is NC(=O)c1ccc2c(c1)NCCCCC[C@H](NC(=O)/C=C/c1cc(Cl)ccc1-n1cnnn1)c1nc-2c[nH]1. The number of anilines is 1. The minimum Gasteiger partial charge on any atom is -0.384 e. The van der Waals surface area contributed by atoms with Gasteiger partial charge in [-0.05, 0) is 65.7 Å². The van der Waals surface area contributed by atoms with Gasteiger partial charge >= 0.3 is 0 Å². The van der Waals surface area contributed by atoms with Crippen LogP contribution in [0, 0.1) is 0 Å². The molecule has 3 heterocycles. The number of carbonyl (C=O) groups is 2. The van der Waals surface area contributed by atoms with Crippen LogP contribution in [0.4, 0.5) is 5.69 Å². The van der Waals surface area contributed by atoms with Crippen LogP contribution in [0.1, 0.15) is 53.5 Å². The minimum atomic E-state index is -0.484. The molecule has 5 N–H and O–H groups in total. The van der Waals surface area contributed by atoms with Crippen molar-refractivity contribution in [1.29, 1.82) is 0 Å². The number of nitrogens with zero attached hydrogens (tertiary/aromatic N) is 5. The van der Waals surface area contributed by atoms with E-state index in [1.807, 2.05) is 6.07 Å². The number of hydrogen-bond acceptors (Lipinski definition) is 7. The Morgan fingerprint density at radius 1 is 1.16 bits per heavy atom. The number of H-pyrrole nitrogens is 1. The summed E-state index contributed by atoms with van der Waals surface area (Å²) in [6, 6.07) is 10.2. The molecule has 0 radical (unpaired) electrons. The van der Waals surface area contributed by atoms with Gasteiger partial charge in [-0.2, -0.15) is 4.68 Å². The monoisotopic (exact) mass is 531 g/mol. The van der Waals surface area contributed by atoms with E-state index in [0.29, 0.717) is 33.4 Å². The van der Waals surface area contributed by atoms with Crippen molar-refractivity contribution >= 4 is 35.2 Å². The number of carbonyl (C=O) groups excluding carboxylic acids is 2. The van der Waals surface area contributed by atoms with Gasteiger partial charge in [0.1, 0.15) is 12.2 Å². The predicted octanol–water partition coefficient (Wildman–Crippen LogP) is 3.66. The molecule has 2 amide bonds. The number of aromatic nitrogens is 6. The number of nitrogens with two attached hydrogens (primary N) is 1. The summed E-state index contributed by atoms with van der Waals surface area (Å²) in [5.74, 6) is -0.0950. The second-order valence-electron chi connectivity index (χ2n) is 8.92. The molecule has 0 unspecified atom stereocenters. The van der Waals surface area contributed by atoms with E-state index in [1.165, 1.54) is 17.1 Å². The maximum absolute atomic E-state index is 13.0. The van der Waals surface area contributed by atoms with Gasteiger partial charge in [0.05, 0.1) is 17.4 Å². The fraction of sp³-hybridized carbons (Fsp3) is 0.231. The topological polar surface area (TPSA) is 156 Å². The van der Waals surface area contributed by atoms with E-state index in [9.17, 15) is 9.59 Å². The summed E-state index contributed by atoms with van der Waals surface area (Å²) in [5.41, 5.74) is 9.64. The smallest absolute Gasteiger partial charge is 0.248 e. The number of halogens is 1. The number of fused-ring (bicyclic) bond motifs is 4. The van der Waals surface area contributed by atoms with Crippen LogP contribution in [0.25, 0.3) is 23.0 Å². The van der Waals surface area contributed by atoms with Gasteiger partial charge in [0.2, 0.25) is 11.8 Å². The third-order valence-electron chi connectivity index (χ3n) is 6.31. The van der Waals surface area contributed by atoms with Gasteiger partial charge < -0.3 is 21.4 Å². The van der Waals surface area contributed by atoms with Crippen LogP contribution in [-0.4, -0.2) is 48.5 Å². The fourth-order valence-corrected chi connectivity index (χ4v) is 4.58.